The molecular weight excluding hydrogens is 421 g/mol. The maximum absolute atomic E-state index is 13.3. The van der Waals surface area contributed by atoms with Gasteiger partial charge in [0.05, 0.1) is 11.9 Å². The van der Waals surface area contributed by atoms with Crippen LogP contribution in [0.2, 0.25) is 0 Å². The highest BCUT2D eigenvalue weighted by molar-refractivity contribution is 7.92. The molecule has 0 unspecified atom stereocenters. The third-order valence-electron chi connectivity index (χ3n) is 5.20. The molecule has 0 aliphatic heterocycles. The molecule has 0 radical (unpaired) electrons. The van der Waals surface area contributed by atoms with Crippen molar-refractivity contribution in [3.05, 3.63) is 65.0 Å². The summed E-state index contributed by atoms with van der Waals surface area (Å²) in [5.41, 5.74) is 2.65. The minimum atomic E-state index is -3.78. The van der Waals surface area contributed by atoms with Gasteiger partial charge in [0.2, 0.25) is 21.8 Å². The molecular formula is C22H28FN3O4S. The SMILES string of the molecule is CNC(=O)[C@@H](C)N(Cc1ccc(F)cc1)C(=O)CN(c1cccc(C)c1C)S(C)(=O)=O. The van der Waals surface area contributed by atoms with E-state index in [1.807, 2.05) is 13.0 Å². The number of likely N-dealkylation sites (N-methyl/N-ethyl adjacent to an activating group) is 1. The summed E-state index contributed by atoms with van der Waals surface area (Å²) in [6.07, 6.45) is 1.04. The molecule has 2 rings (SSSR count). The number of amides is 2. The van der Waals surface area contributed by atoms with E-state index in [-0.39, 0.29) is 6.54 Å². The number of rotatable bonds is 8. The van der Waals surface area contributed by atoms with Crippen LogP contribution in [0.25, 0.3) is 0 Å². The molecule has 0 saturated carbocycles. The Morgan fingerprint density at radius 1 is 1.10 bits per heavy atom. The molecule has 1 atom stereocenters. The number of nitrogens with zero attached hydrogens (tertiary/aromatic N) is 2. The van der Waals surface area contributed by atoms with Gasteiger partial charge in [0.25, 0.3) is 0 Å². The number of aryl methyl sites for hydroxylation is 1. The first-order valence-electron chi connectivity index (χ1n) is 9.75. The fourth-order valence-electron chi connectivity index (χ4n) is 3.18. The lowest BCUT2D eigenvalue weighted by atomic mass is 10.1. The Balaban J connectivity index is 2.42. The molecule has 0 heterocycles. The number of hydrogen-bond donors (Lipinski definition) is 1. The first-order chi connectivity index (χ1) is 14.5. The summed E-state index contributed by atoms with van der Waals surface area (Å²) in [5, 5.41) is 2.50. The van der Waals surface area contributed by atoms with E-state index in [1.54, 1.807) is 26.0 Å². The van der Waals surface area contributed by atoms with Gasteiger partial charge < -0.3 is 10.2 Å². The molecule has 0 spiro atoms. The molecule has 168 valence electrons. The number of nitrogens with one attached hydrogen (secondary N) is 1. The van der Waals surface area contributed by atoms with Crippen molar-refractivity contribution < 1.29 is 22.4 Å². The smallest absolute Gasteiger partial charge is 0.244 e. The number of hydrogen-bond acceptors (Lipinski definition) is 4. The summed E-state index contributed by atoms with van der Waals surface area (Å²) in [6, 6.07) is 9.93. The van der Waals surface area contributed by atoms with E-state index in [0.717, 1.165) is 21.7 Å². The molecule has 9 heteroatoms. The molecule has 2 amide bonds. The number of anilines is 1. The number of carbonyl (C=O) groups is 2. The highest BCUT2D eigenvalue weighted by Gasteiger charge is 2.30. The predicted molar refractivity (Wildman–Crippen MR) is 119 cm³/mol. The normalized spacial score (nSPS) is 12.2. The molecule has 2 aromatic rings. The van der Waals surface area contributed by atoms with Gasteiger partial charge in [0.15, 0.2) is 0 Å². The lowest BCUT2D eigenvalue weighted by Crippen LogP contribution is -2.50. The zero-order valence-corrected chi connectivity index (χ0v) is 19.2. The fourth-order valence-corrected chi connectivity index (χ4v) is 4.08. The van der Waals surface area contributed by atoms with Crippen LogP contribution in [0.3, 0.4) is 0 Å². The van der Waals surface area contributed by atoms with Crippen LogP contribution in [0.15, 0.2) is 42.5 Å². The highest BCUT2D eigenvalue weighted by Crippen LogP contribution is 2.25. The Kier molecular flexibility index (Phi) is 7.78. The molecule has 7 nitrogen and oxygen atoms in total. The Morgan fingerprint density at radius 3 is 2.26 bits per heavy atom. The summed E-state index contributed by atoms with van der Waals surface area (Å²) < 4.78 is 39.4. The van der Waals surface area contributed by atoms with Gasteiger partial charge >= 0.3 is 0 Å². The Labute approximate surface area is 182 Å². The molecule has 0 aliphatic carbocycles. The summed E-state index contributed by atoms with van der Waals surface area (Å²) >= 11 is 0. The predicted octanol–water partition coefficient (Wildman–Crippen LogP) is 2.37. The first-order valence-corrected chi connectivity index (χ1v) is 11.6. The third kappa shape index (κ3) is 6.04. The molecule has 1 N–H and O–H groups in total. The molecule has 0 saturated heterocycles. The van der Waals surface area contributed by atoms with Gasteiger partial charge in [-0.3, -0.25) is 13.9 Å². The van der Waals surface area contributed by atoms with Crippen LogP contribution >= 0.6 is 0 Å². The van der Waals surface area contributed by atoms with Gasteiger partial charge in [0, 0.05) is 13.6 Å². The number of sulfonamides is 1. The minimum Gasteiger partial charge on any atom is -0.357 e. The quantitative estimate of drug-likeness (QED) is 0.670. The minimum absolute atomic E-state index is 0.0259. The van der Waals surface area contributed by atoms with Crippen LogP contribution < -0.4 is 9.62 Å². The van der Waals surface area contributed by atoms with E-state index >= 15 is 0 Å². The molecule has 0 aromatic heterocycles. The number of carbonyl (C=O) groups excluding carboxylic acids is 2. The summed E-state index contributed by atoms with van der Waals surface area (Å²) in [7, 11) is -2.32. The van der Waals surface area contributed by atoms with E-state index in [1.165, 1.54) is 36.2 Å². The Morgan fingerprint density at radius 2 is 1.71 bits per heavy atom. The summed E-state index contributed by atoms with van der Waals surface area (Å²) in [5.74, 6) is -1.36. The van der Waals surface area contributed by atoms with Crippen LogP contribution in [0.5, 0.6) is 0 Å². The molecule has 2 aromatic carbocycles. The standard InChI is InChI=1S/C22H28FN3O4S/c1-15-7-6-8-20(16(15)2)26(31(5,29)30)14-21(27)25(17(3)22(28)24-4)13-18-9-11-19(23)12-10-18/h6-12,17H,13-14H2,1-5H3,(H,24,28)/t17-/m1/s1. The van der Waals surface area contributed by atoms with Crippen molar-refractivity contribution in [2.24, 2.45) is 0 Å². The van der Waals surface area contributed by atoms with Crippen molar-refractivity contribution in [3.8, 4) is 0 Å². The molecule has 0 aliphatic rings. The van der Waals surface area contributed by atoms with Gasteiger partial charge in [-0.05, 0) is 55.7 Å². The van der Waals surface area contributed by atoms with Gasteiger partial charge in [-0.2, -0.15) is 0 Å². The largest absolute Gasteiger partial charge is 0.357 e. The maximum atomic E-state index is 13.3. The van der Waals surface area contributed by atoms with Gasteiger partial charge in [-0.15, -0.1) is 0 Å². The fraction of sp³-hybridized carbons (Fsp3) is 0.364. The van der Waals surface area contributed by atoms with E-state index in [0.29, 0.717) is 11.3 Å². The molecule has 0 bridgehead atoms. The van der Waals surface area contributed by atoms with Crippen LogP contribution in [0.1, 0.15) is 23.6 Å². The van der Waals surface area contributed by atoms with Crippen molar-refractivity contribution in [1.29, 1.82) is 0 Å². The zero-order valence-electron chi connectivity index (χ0n) is 18.3. The summed E-state index contributed by atoms with van der Waals surface area (Å²) in [4.78, 5) is 26.8. The average molecular weight is 450 g/mol. The zero-order chi connectivity index (χ0) is 23.3. The van der Waals surface area contributed by atoms with Crippen molar-refractivity contribution in [2.75, 3.05) is 24.2 Å². The van der Waals surface area contributed by atoms with Gasteiger partial charge in [0.1, 0.15) is 18.4 Å². The second-order valence-electron chi connectivity index (χ2n) is 7.43. The molecule has 31 heavy (non-hydrogen) atoms. The second kappa shape index (κ2) is 9.91. The first kappa shape index (κ1) is 24.3. The van der Waals surface area contributed by atoms with Gasteiger partial charge in [-0.25, -0.2) is 12.8 Å². The van der Waals surface area contributed by atoms with E-state index in [4.69, 9.17) is 0 Å². The lowest BCUT2D eigenvalue weighted by molar-refractivity contribution is -0.139. The van der Waals surface area contributed by atoms with Crippen LogP contribution in [0, 0.1) is 19.7 Å². The van der Waals surface area contributed by atoms with Gasteiger partial charge in [-0.1, -0.05) is 24.3 Å². The summed E-state index contributed by atoms with van der Waals surface area (Å²) in [6.45, 7) is 4.76. The van der Waals surface area contributed by atoms with Crippen molar-refractivity contribution in [1.82, 2.24) is 10.2 Å². The highest BCUT2D eigenvalue weighted by atomic mass is 32.2. The number of benzene rings is 2. The maximum Gasteiger partial charge on any atom is 0.244 e. The van der Waals surface area contributed by atoms with E-state index < -0.39 is 40.2 Å². The van der Waals surface area contributed by atoms with Crippen molar-refractivity contribution in [2.45, 2.75) is 33.4 Å². The van der Waals surface area contributed by atoms with Crippen LogP contribution in [-0.4, -0.2) is 51.0 Å². The van der Waals surface area contributed by atoms with E-state index in [9.17, 15) is 22.4 Å². The van der Waals surface area contributed by atoms with Crippen LogP contribution in [0.4, 0.5) is 10.1 Å². The third-order valence-corrected chi connectivity index (χ3v) is 6.33. The van der Waals surface area contributed by atoms with E-state index in [2.05, 4.69) is 5.32 Å². The average Bonchev–Trinajstić information content (AvgIpc) is 2.71. The van der Waals surface area contributed by atoms with Crippen molar-refractivity contribution in [3.63, 3.8) is 0 Å². The van der Waals surface area contributed by atoms with Crippen molar-refractivity contribution >= 4 is 27.5 Å². The van der Waals surface area contributed by atoms with Crippen LogP contribution in [-0.2, 0) is 26.2 Å². The molecule has 0 fully saturated rings. The monoisotopic (exact) mass is 449 g/mol. The Bertz CT molecular complexity index is 1050. The second-order valence-corrected chi connectivity index (χ2v) is 9.33. The topological polar surface area (TPSA) is 86.8 Å². The lowest BCUT2D eigenvalue weighted by Gasteiger charge is -2.31. The Hall–Kier alpha value is -2.94. The number of halogens is 1.